The number of phenolic OH excluding ortho intramolecular Hbond substituents is 1. The Morgan fingerprint density at radius 2 is 1.70 bits per heavy atom. The molecule has 3 aliphatic rings. The van der Waals surface area contributed by atoms with Crippen LogP contribution < -0.4 is 20.4 Å². The first-order chi connectivity index (χ1) is 26.2. The first-order valence-electron chi connectivity index (χ1n) is 17.6. The Labute approximate surface area is 314 Å². The van der Waals surface area contributed by atoms with E-state index >= 15 is 0 Å². The van der Waals surface area contributed by atoms with Gasteiger partial charge in [-0.25, -0.2) is 14.2 Å². The summed E-state index contributed by atoms with van der Waals surface area (Å²) < 4.78 is 14.4. The van der Waals surface area contributed by atoms with Gasteiger partial charge in [0.2, 0.25) is 5.91 Å². The summed E-state index contributed by atoms with van der Waals surface area (Å²) in [5.74, 6) is -2.19. The number of carbonyl (C=O) groups excluding carboxylic acids is 4. The second-order valence-corrected chi connectivity index (χ2v) is 14.4. The van der Waals surface area contributed by atoms with E-state index in [0.717, 1.165) is 78.5 Å². The Balaban J connectivity index is 0.923. The van der Waals surface area contributed by atoms with Crippen LogP contribution >= 0.6 is 11.3 Å². The third-order valence-electron chi connectivity index (χ3n) is 10.1. The minimum absolute atomic E-state index is 0.0148. The average molecular weight is 746 g/mol. The second kappa shape index (κ2) is 14.7. The van der Waals surface area contributed by atoms with Gasteiger partial charge in [-0.05, 0) is 70.8 Å². The molecule has 5 aromatic rings. The monoisotopic (exact) mass is 745 g/mol. The summed E-state index contributed by atoms with van der Waals surface area (Å²) in [6, 6.07) is 23.4. The molecule has 1 atom stereocenters. The summed E-state index contributed by atoms with van der Waals surface area (Å²) in [4.78, 5) is 63.2. The molecular weight excluding hydrogens is 710 g/mol. The zero-order chi connectivity index (χ0) is 37.3. The largest absolute Gasteiger partial charge is 0.508 e. The molecule has 1 aromatic heterocycles. The molecule has 8 rings (SSSR count). The van der Waals surface area contributed by atoms with Crippen molar-refractivity contribution in [3.8, 4) is 16.9 Å². The predicted octanol–water partition coefficient (Wildman–Crippen LogP) is 5.76. The molecule has 274 valence electrons. The number of rotatable bonds is 9. The van der Waals surface area contributed by atoms with Crippen LogP contribution in [0.2, 0.25) is 0 Å². The molecular formula is C40H36FN7O5S. The lowest BCUT2D eigenvalue weighted by molar-refractivity contribution is -0.121. The van der Waals surface area contributed by atoms with Gasteiger partial charge in [-0.1, -0.05) is 36.4 Å². The topological polar surface area (TPSA) is 138 Å². The molecule has 0 saturated carbocycles. The van der Waals surface area contributed by atoms with Crippen molar-refractivity contribution in [2.24, 2.45) is 0 Å². The molecule has 54 heavy (non-hydrogen) atoms. The van der Waals surface area contributed by atoms with Gasteiger partial charge < -0.3 is 14.9 Å². The highest BCUT2D eigenvalue weighted by Crippen LogP contribution is 2.38. The maximum absolute atomic E-state index is 14.4. The second-order valence-electron chi connectivity index (χ2n) is 13.5. The summed E-state index contributed by atoms with van der Waals surface area (Å²) in [6.07, 6.45) is 1.82. The standard InChI is InChI=1S/C40H36FN7O5S/c41-29-8-11-34(49)33(22-29)36(37(51)44-39-42-13-19-54-39)48-24-28-5-4-27(21-32(28)38(48)52)26-6-9-30(10-7-26)46-17-15-45(16-18-46)23-25-2-1-3-31(20-25)47-14-12-35(50)43-40(47)53/h1-11,13,19-22,36,49H,12,14-18,23-24H2,(H,42,44,51)(H,43,50,53). The van der Waals surface area contributed by atoms with E-state index < -0.39 is 23.7 Å². The number of amides is 5. The van der Waals surface area contributed by atoms with Crippen molar-refractivity contribution in [2.45, 2.75) is 25.6 Å². The minimum Gasteiger partial charge on any atom is -0.508 e. The smallest absolute Gasteiger partial charge is 0.328 e. The number of nitrogens with zero attached hydrogens (tertiary/aromatic N) is 5. The van der Waals surface area contributed by atoms with Crippen LogP contribution in [0.4, 0.5) is 25.7 Å². The Bertz CT molecular complexity index is 2240. The van der Waals surface area contributed by atoms with Gasteiger partial charge in [-0.2, -0.15) is 0 Å². The first kappa shape index (κ1) is 34.9. The SMILES string of the molecule is O=C1CCN(c2cccc(CN3CCN(c4ccc(-c5ccc6c(c5)C(=O)N(C(C(=O)Nc5nccs5)c5cc(F)ccc5O)C6)cc4)CC3)c2)C(=O)N1. The van der Waals surface area contributed by atoms with Crippen LogP contribution in [0.5, 0.6) is 5.75 Å². The van der Waals surface area contributed by atoms with Crippen molar-refractivity contribution in [1.29, 1.82) is 0 Å². The van der Waals surface area contributed by atoms with Gasteiger partial charge in [0.05, 0.1) is 0 Å². The van der Waals surface area contributed by atoms with E-state index in [-0.39, 0.29) is 36.2 Å². The highest BCUT2D eigenvalue weighted by atomic mass is 32.1. The van der Waals surface area contributed by atoms with E-state index in [1.54, 1.807) is 10.3 Å². The molecule has 3 aliphatic heterocycles. The third-order valence-corrected chi connectivity index (χ3v) is 10.8. The molecule has 12 nitrogen and oxygen atoms in total. The van der Waals surface area contributed by atoms with E-state index in [0.29, 0.717) is 17.2 Å². The molecule has 1 unspecified atom stereocenters. The number of imide groups is 1. The summed E-state index contributed by atoms with van der Waals surface area (Å²) >= 11 is 1.21. The molecule has 0 radical (unpaired) electrons. The number of anilines is 3. The fraction of sp³-hybridized carbons (Fsp3) is 0.225. The lowest BCUT2D eigenvalue weighted by atomic mass is 10.00. The molecule has 4 heterocycles. The number of thiazole rings is 1. The van der Waals surface area contributed by atoms with Gasteiger partial charge >= 0.3 is 6.03 Å². The minimum atomic E-state index is -1.30. The number of piperazine rings is 1. The molecule has 4 aromatic carbocycles. The number of carbonyl (C=O) groups is 4. The fourth-order valence-electron chi connectivity index (χ4n) is 7.29. The van der Waals surface area contributed by atoms with Crippen LogP contribution in [-0.2, 0) is 22.7 Å². The Morgan fingerprint density at radius 3 is 2.46 bits per heavy atom. The van der Waals surface area contributed by atoms with E-state index in [9.17, 15) is 28.7 Å². The molecule has 0 spiro atoms. The van der Waals surface area contributed by atoms with E-state index in [2.05, 4.69) is 43.6 Å². The predicted molar refractivity (Wildman–Crippen MR) is 203 cm³/mol. The Kier molecular flexibility index (Phi) is 9.52. The number of aromatic nitrogens is 1. The van der Waals surface area contributed by atoms with Crippen molar-refractivity contribution in [1.82, 2.24) is 20.1 Å². The number of halogens is 1. The Morgan fingerprint density at radius 1 is 0.907 bits per heavy atom. The first-order valence-corrected chi connectivity index (χ1v) is 18.5. The number of hydrogen-bond donors (Lipinski definition) is 3. The summed E-state index contributed by atoms with van der Waals surface area (Å²) in [7, 11) is 0. The third kappa shape index (κ3) is 7.13. The highest BCUT2D eigenvalue weighted by molar-refractivity contribution is 7.13. The number of nitrogens with one attached hydrogen (secondary N) is 2. The van der Waals surface area contributed by atoms with Crippen LogP contribution in [0, 0.1) is 5.82 Å². The van der Waals surface area contributed by atoms with Crippen molar-refractivity contribution >= 4 is 51.6 Å². The molecule has 14 heteroatoms. The van der Waals surface area contributed by atoms with Crippen LogP contribution in [0.25, 0.3) is 11.1 Å². The van der Waals surface area contributed by atoms with Gasteiger partial charge in [0, 0.05) is 86.3 Å². The lowest BCUT2D eigenvalue weighted by Gasteiger charge is -2.36. The van der Waals surface area contributed by atoms with Crippen molar-refractivity contribution in [3.05, 3.63) is 125 Å². The highest BCUT2D eigenvalue weighted by Gasteiger charge is 2.39. The van der Waals surface area contributed by atoms with Crippen LogP contribution in [-0.4, -0.2) is 76.4 Å². The van der Waals surface area contributed by atoms with Crippen molar-refractivity contribution < 1.29 is 28.7 Å². The molecule has 0 bridgehead atoms. The summed E-state index contributed by atoms with van der Waals surface area (Å²) in [5, 5.41) is 17.8. The maximum Gasteiger partial charge on any atom is 0.328 e. The molecule has 0 aliphatic carbocycles. The van der Waals surface area contributed by atoms with Gasteiger partial charge in [0.15, 0.2) is 5.13 Å². The zero-order valence-electron chi connectivity index (χ0n) is 29.1. The molecule has 2 saturated heterocycles. The van der Waals surface area contributed by atoms with E-state index in [1.807, 2.05) is 48.5 Å². The van der Waals surface area contributed by atoms with Crippen molar-refractivity contribution in [2.75, 3.05) is 47.8 Å². The average Bonchev–Trinajstić information content (AvgIpc) is 3.81. The number of benzene rings is 4. The maximum atomic E-state index is 14.4. The van der Waals surface area contributed by atoms with Gasteiger partial charge in [0.1, 0.15) is 17.6 Å². The zero-order valence-corrected chi connectivity index (χ0v) is 29.9. The number of hydrogen-bond acceptors (Lipinski definition) is 9. The Hall–Kier alpha value is -6.12. The van der Waals surface area contributed by atoms with E-state index in [1.165, 1.54) is 28.5 Å². The normalized spacial score (nSPS) is 16.7. The fourth-order valence-corrected chi connectivity index (χ4v) is 7.82. The van der Waals surface area contributed by atoms with Crippen LogP contribution in [0.1, 0.15) is 39.5 Å². The van der Waals surface area contributed by atoms with Crippen LogP contribution in [0.15, 0.2) is 96.5 Å². The van der Waals surface area contributed by atoms with Gasteiger partial charge in [0.25, 0.3) is 11.8 Å². The van der Waals surface area contributed by atoms with Gasteiger partial charge in [-0.3, -0.25) is 34.8 Å². The quantitative estimate of drug-likeness (QED) is 0.173. The lowest BCUT2D eigenvalue weighted by Crippen LogP contribution is -2.49. The number of fused-ring (bicyclic) bond motifs is 1. The number of phenols is 1. The molecule has 5 amide bonds. The number of urea groups is 1. The van der Waals surface area contributed by atoms with Crippen LogP contribution in [0.3, 0.4) is 0 Å². The van der Waals surface area contributed by atoms with Gasteiger partial charge in [-0.15, -0.1) is 11.3 Å². The van der Waals surface area contributed by atoms with Crippen molar-refractivity contribution in [3.63, 3.8) is 0 Å². The molecule has 2 fully saturated rings. The number of aromatic hydroxyl groups is 1. The van der Waals surface area contributed by atoms with E-state index in [4.69, 9.17) is 0 Å². The molecule has 3 N–H and O–H groups in total. The summed E-state index contributed by atoms with van der Waals surface area (Å²) in [5.41, 5.74) is 5.90. The summed E-state index contributed by atoms with van der Waals surface area (Å²) in [6.45, 7) is 4.65.